The zero-order valence-electron chi connectivity index (χ0n) is 34.0. The first kappa shape index (κ1) is 50.0. The number of phenolic OH excluding ortho intramolecular Hbond substituents is 1. The molecule has 1 saturated heterocycles. The molecular formula is C43H70N4O8S2. The van der Waals surface area contributed by atoms with Crippen LogP contribution in [0.4, 0.5) is 0 Å². The van der Waals surface area contributed by atoms with E-state index < -0.39 is 41.7 Å². The van der Waals surface area contributed by atoms with Gasteiger partial charge in [0.15, 0.2) is 5.78 Å². The number of carbonyl (C=O) groups excluding carboxylic acids is 5. The van der Waals surface area contributed by atoms with Gasteiger partial charge in [0, 0.05) is 55.6 Å². The molecule has 0 radical (unpaired) electrons. The molecule has 57 heavy (non-hydrogen) atoms. The van der Waals surface area contributed by atoms with Crippen molar-refractivity contribution in [2.45, 2.75) is 166 Å². The Morgan fingerprint density at radius 3 is 1.82 bits per heavy atom. The second-order valence-corrected chi connectivity index (χ2v) is 18.2. The third kappa shape index (κ3) is 24.4. The van der Waals surface area contributed by atoms with E-state index in [1.54, 1.807) is 12.1 Å². The van der Waals surface area contributed by atoms with Gasteiger partial charge in [0.2, 0.25) is 17.7 Å². The minimum atomic E-state index is -0.809. The maximum absolute atomic E-state index is 13.6. The molecule has 1 heterocycles. The fraction of sp³-hybridized carbons (Fsp3) is 0.721. The Kier molecular flexibility index (Phi) is 27.1. The number of aromatic hydroxyl groups is 1. The highest BCUT2D eigenvalue weighted by molar-refractivity contribution is 8.76. The molecule has 1 aliphatic rings. The van der Waals surface area contributed by atoms with Crippen molar-refractivity contribution in [3.8, 4) is 5.75 Å². The van der Waals surface area contributed by atoms with Crippen LogP contribution in [0.2, 0.25) is 0 Å². The molecule has 12 nitrogen and oxygen atoms in total. The first-order chi connectivity index (χ1) is 27.5. The molecule has 0 aliphatic carbocycles. The maximum Gasteiger partial charge on any atom is 0.303 e. The molecule has 1 aromatic rings. The molecule has 322 valence electrons. The van der Waals surface area contributed by atoms with Crippen LogP contribution in [-0.2, 0) is 35.2 Å². The van der Waals surface area contributed by atoms with Crippen molar-refractivity contribution in [3.05, 3.63) is 29.8 Å². The van der Waals surface area contributed by atoms with Gasteiger partial charge >= 0.3 is 5.97 Å². The number of nitrogens with two attached hydrogens (primary N) is 2. The number of unbranched alkanes of at least 4 members (excludes halogenated alkanes) is 16. The van der Waals surface area contributed by atoms with E-state index in [0.29, 0.717) is 50.2 Å². The highest BCUT2D eigenvalue weighted by Crippen LogP contribution is 2.29. The number of nitrogens with one attached hydrogen (secondary N) is 2. The number of phenols is 1. The van der Waals surface area contributed by atoms with Gasteiger partial charge in [0.05, 0.1) is 12.1 Å². The molecule has 0 saturated carbocycles. The van der Waals surface area contributed by atoms with Crippen LogP contribution in [0.3, 0.4) is 0 Å². The van der Waals surface area contributed by atoms with Crippen LogP contribution in [0.1, 0.15) is 153 Å². The zero-order valence-corrected chi connectivity index (χ0v) is 35.7. The van der Waals surface area contributed by atoms with Gasteiger partial charge in [-0.1, -0.05) is 124 Å². The van der Waals surface area contributed by atoms with E-state index in [-0.39, 0.29) is 42.5 Å². The van der Waals surface area contributed by atoms with Crippen molar-refractivity contribution in [1.82, 2.24) is 10.6 Å². The Labute approximate surface area is 348 Å². The SMILES string of the molecule is NC(=O)[C@@H](CC(=O)[C@H]1CSSC[C@H](N)C(=O)N[C@@H](CCCCNC(=O)CCCCCCCCCCCCCCCCCCC(=O)O)C(=O)C1)Cc1ccc(O)cc1. The molecule has 1 fully saturated rings. The number of carboxylic acids is 1. The smallest absolute Gasteiger partial charge is 0.303 e. The summed E-state index contributed by atoms with van der Waals surface area (Å²) in [5, 5.41) is 24.0. The Morgan fingerprint density at radius 1 is 0.754 bits per heavy atom. The summed E-state index contributed by atoms with van der Waals surface area (Å²) in [6, 6.07) is 4.76. The van der Waals surface area contributed by atoms with Gasteiger partial charge in [-0.15, -0.1) is 0 Å². The van der Waals surface area contributed by atoms with E-state index in [2.05, 4.69) is 10.6 Å². The average molecular weight is 835 g/mol. The van der Waals surface area contributed by atoms with Crippen molar-refractivity contribution in [2.75, 3.05) is 18.1 Å². The van der Waals surface area contributed by atoms with E-state index >= 15 is 0 Å². The monoisotopic (exact) mass is 834 g/mol. The van der Waals surface area contributed by atoms with Crippen LogP contribution in [0.25, 0.3) is 0 Å². The normalized spacial score (nSPS) is 18.3. The van der Waals surface area contributed by atoms with Crippen LogP contribution in [0.5, 0.6) is 5.75 Å². The third-order valence-electron chi connectivity index (χ3n) is 10.6. The standard InChI is InChI=1S/C43H70N4O8S2/c44-36-31-57-56-30-34(38(49)28-33(42(45)54)27-32-22-24-35(48)25-23-32)29-39(50)37(47-43(36)55)19-17-18-26-46-40(51)20-15-13-11-9-7-5-3-1-2-4-6-8-10-12-14-16-21-41(52)53/h22-25,33-34,36-37,48H,1-21,26-31,44H2,(H2,45,54)(H,46,51)(H,47,55)(H,52,53)/t33-,34-,36+,37+/m1/s1. The summed E-state index contributed by atoms with van der Waals surface area (Å²) in [6.07, 6.45) is 21.1. The fourth-order valence-corrected chi connectivity index (χ4v) is 9.46. The summed E-state index contributed by atoms with van der Waals surface area (Å²) in [6.45, 7) is 0.478. The lowest BCUT2D eigenvalue weighted by Gasteiger charge is -2.22. The van der Waals surface area contributed by atoms with Crippen molar-refractivity contribution in [3.63, 3.8) is 0 Å². The van der Waals surface area contributed by atoms with Crippen LogP contribution < -0.4 is 22.1 Å². The van der Waals surface area contributed by atoms with Gasteiger partial charge in [-0.05, 0) is 56.2 Å². The number of benzene rings is 1. The molecular weight excluding hydrogens is 765 g/mol. The largest absolute Gasteiger partial charge is 0.508 e. The lowest BCUT2D eigenvalue weighted by Crippen LogP contribution is -2.49. The van der Waals surface area contributed by atoms with Gasteiger partial charge in [0.1, 0.15) is 11.5 Å². The van der Waals surface area contributed by atoms with E-state index in [9.17, 15) is 33.9 Å². The minimum Gasteiger partial charge on any atom is -0.508 e. The molecule has 4 atom stereocenters. The number of carboxylic acid groups (broad SMARTS) is 1. The van der Waals surface area contributed by atoms with Gasteiger partial charge in [-0.25, -0.2) is 0 Å². The number of aliphatic carboxylic acids is 1. The zero-order chi connectivity index (χ0) is 41.7. The summed E-state index contributed by atoms with van der Waals surface area (Å²) in [4.78, 5) is 75.1. The summed E-state index contributed by atoms with van der Waals surface area (Å²) >= 11 is 0. The van der Waals surface area contributed by atoms with E-state index in [0.717, 1.165) is 44.1 Å². The summed E-state index contributed by atoms with van der Waals surface area (Å²) < 4.78 is 0. The number of ketones is 2. The molecule has 0 bridgehead atoms. The highest BCUT2D eigenvalue weighted by atomic mass is 33.1. The molecule has 2 rings (SSSR count). The predicted octanol–water partition coefficient (Wildman–Crippen LogP) is 7.17. The second kappa shape index (κ2) is 30.9. The Morgan fingerprint density at radius 2 is 1.28 bits per heavy atom. The second-order valence-electron chi connectivity index (χ2n) is 15.6. The summed E-state index contributed by atoms with van der Waals surface area (Å²) in [7, 11) is 2.75. The molecule has 1 aromatic carbocycles. The van der Waals surface area contributed by atoms with Crippen LogP contribution in [0.15, 0.2) is 24.3 Å². The lowest BCUT2D eigenvalue weighted by molar-refractivity contribution is -0.137. The summed E-state index contributed by atoms with van der Waals surface area (Å²) in [5.41, 5.74) is 12.5. The van der Waals surface area contributed by atoms with Crippen molar-refractivity contribution >= 4 is 56.8 Å². The van der Waals surface area contributed by atoms with Gasteiger partial charge in [-0.2, -0.15) is 0 Å². The van der Waals surface area contributed by atoms with Crippen LogP contribution in [0, 0.1) is 11.8 Å². The highest BCUT2D eigenvalue weighted by Gasteiger charge is 2.32. The molecule has 0 unspecified atom stereocenters. The van der Waals surface area contributed by atoms with Crippen LogP contribution >= 0.6 is 21.6 Å². The lowest BCUT2D eigenvalue weighted by atomic mass is 9.87. The Hall–Kier alpha value is -3.10. The fourth-order valence-electron chi connectivity index (χ4n) is 7.00. The van der Waals surface area contributed by atoms with E-state index in [1.807, 2.05) is 0 Å². The number of hydrogen-bond acceptors (Lipinski definition) is 10. The molecule has 8 N–H and O–H groups in total. The van der Waals surface area contributed by atoms with Gasteiger partial charge < -0.3 is 32.3 Å². The van der Waals surface area contributed by atoms with Crippen molar-refractivity contribution in [1.29, 1.82) is 0 Å². The van der Waals surface area contributed by atoms with Gasteiger partial charge in [0.25, 0.3) is 0 Å². The number of rotatable bonds is 30. The molecule has 0 spiro atoms. The Bertz CT molecular complexity index is 1350. The molecule has 0 aromatic heterocycles. The van der Waals surface area contributed by atoms with Crippen molar-refractivity contribution < 1.29 is 39.0 Å². The third-order valence-corrected chi connectivity index (χ3v) is 13.1. The minimum absolute atomic E-state index is 0.0227. The van der Waals surface area contributed by atoms with Crippen molar-refractivity contribution in [2.24, 2.45) is 23.3 Å². The summed E-state index contributed by atoms with van der Waals surface area (Å²) in [5.74, 6) is -2.86. The molecule has 3 amide bonds. The Balaban J connectivity index is 1.61. The number of hydrogen-bond donors (Lipinski definition) is 6. The number of carbonyl (C=O) groups is 6. The first-order valence-corrected chi connectivity index (χ1v) is 23.9. The topological polar surface area (TPSA) is 219 Å². The van der Waals surface area contributed by atoms with Crippen LogP contribution in [-0.4, -0.2) is 75.6 Å². The number of primary amides is 1. The van der Waals surface area contributed by atoms with E-state index in [1.165, 1.54) is 97.9 Å². The predicted molar refractivity (Wildman–Crippen MR) is 230 cm³/mol. The number of amides is 3. The van der Waals surface area contributed by atoms with E-state index in [4.69, 9.17) is 16.6 Å². The average Bonchev–Trinajstić information content (AvgIpc) is 3.19. The molecule has 1 aliphatic heterocycles. The molecule has 14 heteroatoms. The maximum atomic E-state index is 13.6. The number of Topliss-reactive ketones (excluding diaryl/α,β-unsaturated/α-hetero) is 2. The first-order valence-electron chi connectivity index (χ1n) is 21.4. The van der Waals surface area contributed by atoms with Gasteiger partial charge in [-0.3, -0.25) is 28.8 Å². The quantitative estimate of drug-likeness (QED) is 0.0337.